The van der Waals surface area contributed by atoms with E-state index < -0.39 is 0 Å². The van der Waals surface area contributed by atoms with Crippen LogP contribution in [-0.4, -0.2) is 5.71 Å². The minimum absolute atomic E-state index is 0.687. The van der Waals surface area contributed by atoms with Crippen LogP contribution in [0.15, 0.2) is 17.3 Å². The van der Waals surface area contributed by atoms with Crippen molar-refractivity contribution in [3.8, 4) is 0 Å². The molecule has 13 heavy (non-hydrogen) atoms. The molecule has 0 aromatic carbocycles. The Balaban J connectivity index is 2.33. The van der Waals surface area contributed by atoms with Gasteiger partial charge >= 0.3 is 0 Å². The van der Waals surface area contributed by atoms with Gasteiger partial charge in [0.05, 0.1) is 0 Å². The molecule has 0 bridgehead atoms. The number of hydrogen-bond donors (Lipinski definition) is 0. The van der Waals surface area contributed by atoms with Crippen LogP contribution in [0.2, 0.25) is 0 Å². The lowest BCUT2D eigenvalue weighted by Crippen LogP contribution is -2.12. The van der Waals surface area contributed by atoms with Gasteiger partial charge in [-0.15, -0.1) is 0 Å². The SMILES string of the molecule is CC(C)CCC(C)C1=NC=CCC1. The van der Waals surface area contributed by atoms with E-state index in [1.807, 2.05) is 6.20 Å². The summed E-state index contributed by atoms with van der Waals surface area (Å²) in [6.07, 6.45) is 9.10. The molecule has 1 aliphatic heterocycles. The molecule has 1 aliphatic rings. The van der Waals surface area contributed by atoms with Crippen molar-refractivity contribution in [2.45, 2.75) is 46.5 Å². The van der Waals surface area contributed by atoms with Gasteiger partial charge in [0.15, 0.2) is 0 Å². The Morgan fingerprint density at radius 3 is 2.62 bits per heavy atom. The third kappa shape index (κ3) is 3.75. The van der Waals surface area contributed by atoms with Gasteiger partial charge in [-0.3, -0.25) is 4.99 Å². The first-order valence-electron chi connectivity index (χ1n) is 5.41. The minimum Gasteiger partial charge on any atom is -0.266 e. The van der Waals surface area contributed by atoms with E-state index in [1.165, 1.54) is 31.4 Å². The first-order valence-corrected chi connectivity index (χ1v) is 5.41. The maximum atomic E-state index is 4.44. The predicted molar refractivity (Wildman–Crippen MR) is 59.0 cm³/mol. The monoisotopic (exact) mass is 179 g/mol. The van der Waals surface area contributed by atoms with Crippen molar-refractivity contribution < 1.29 is 0 Å². The van der Waals surface area contributed by atoms with Gasteiger partial charge in [0.2, 0.25) is 0 Å². The minimum atomic E-state index is 0.687. The van der Waals surface area contributed by atoms with Crippen molar-refractivity contribution in [2.24, 2.45) is 16.8 Å². The molecule has 1 unspecified atom stereocenters. The highest BCUT2D eigenvalue weighted by Gasteiger charge is 2.11. The molecule has 1 heteroatoms. The fourth-order valence-electron chi connectivity index (χ4n) is 1.64. The Kier molecular flexibility index (Phi) is 4.20. The van der Waals surface area contributed by atoms with E-state index in [2.05, 4.69) is 31.8 Å². The van der Waals surface area contributed by atoms with Gasteiger partial charge in [0.1, 0.15) is 0 Å². The highest BCUT2D eigenvalue weighted by molar-refractivity contribution is 5.87. The van der Waals surface area contributed by atoms with E-state index in [-0.39, 0.29) is 0 Å². The number of rotatable bonds is 4. The lowest BCUT2D eigenvalue weighted by molar-refractivity contribution is 0.512. The second-order valence-electron chi connectivity index (χ2n) is 4.42. The first kappa shape index (κ1) is 10.5. The Labute approximate surface area is 82.0 Å². The standard InChI is InChI=1S/C12H21N/c1-10(2)7-8-11(3)12-6-4-5-9-13-12/h5,9-11H,4,6-8H2,1-3H3. The second-order valence-corrected chi connectivity index (χ2v) is 4.42. The molecule has 1 nitrogen and oxygen atoms in total. The zero-order valence-corrected chi connectivity index (χ0v) is 9.09. The fourth-order valence-corrected chi connectivity index (χ4v) is 1.64. The highest BCUT2D eigenvalue weighted by Crippen LogP contribution is 2.18. The molecule has 1 atom stereocenters. The second kappa shape index (κ2) is 5.21. The van der Waals surface area contributed by atoms with E-state index in [1.54, 1.807) is 0 Å². The molecule has 0 saturated heterocycles. The molecule has 0 N–H and O–H groups in total. The third-order valence-corrected chi connectivity index (χ3v) is 2.66. The number of hydrogen-bond acceptors (Lipinski definition) is 1. The zero-order chi connectivity index (χ0) is 9.68. The van der Waals surface area contributed by atoms with E-state index in [0.29, 0.717) is 5.92 Å². The molecule has 1 rings (SSSR count). The largest absolute Gasteiger partial charge is 0.266 e. The Morgan fingerprint density at radius 1 is 1.31 bits per heavy atom. The summed E-state index contributed by atoms with van der Waals surface area (Å²) in [5.74, 6) is 1.51. The van der Waals surface area contributed by atoms with Crippen molar-refractivity contribution in [2.75, 3.05) is 0 Å². The summed E-state index contributed by atoms with van der Waals surface area (Å²) in [6, 6.07) is 0. The molecular weight excluding hydrogens is 158 g/mol. The van der Waals surface area contributed by atoms with Gasteiger partial charge in [0, 0.05) is 11.9 Å². The molecule has 1 heterocycles. The van der Waals surface area contributed by atoms with E-state index in [9.17, 15) is 0 Å². The van der Waals surface area contributed by atoms with Crippen molar-refractivity contribution in [1.29, 1.82) is 0 Å². The van der Waals surface area contributed by atoms with Gasteiger partial charge in [-0.1, -0.05) is 33.3 Å². The molecule has 74 valence electrons. The Hall–Kier alpha value is -0.590. The van der Waals surface area contributed by atoms with Crippen LogP contribution in [0.5, 0.6) is 0 Å². The van der Waals surface area contributed by atoms with Gasteiger partial charge in [-0.05, 0) is 31.1 Å². The molecule has 0 fully saturated rings. The summed E-state index contributed by atoms with van der Waals surface area (Å²) in [7, 11) is 0. The number of aliphatic imine (C=N–C) groups is 1. The van der Waals surface area contributed by atoms with E-state index in [0.717, 1.165) is 5.92 Å². The maximum absolute atomic E-state index is 4.44. The van der Waals surface area contributed by atoms with Crippen LogP contribution < -0.4 is 0 Å². The summed E-state index contributed by atoms with van der Waals surface area (Å²) < 4.78 is 0. The van der Waals surface area contributed by atoms with Gasteiger partial charge in [0.25, 0.3) is 0 Å². The van der Waals surface area contributed by atoms with Crippen LogP contribution >= 0.6 is 0 Å². The van der Waals surface area contributed by atoms with Crippen molar-refractivity contribution in [1.82, 2.24) is 0 Å². The van der Waals surface area contributed by atoms with Gasteiger partial charge in [-0.2, -0.15) is 0 Å². The molecule has 0 spiro atoms. The summed E-state index contributed by atoms with van der Waals surface area (Å²) in [5.41, 5.74) is 1.41. The van der Waals surface area contributed by atoms with E-state index in [4.69, 9.17) is 0 Å². The summed E-state index contributed by atoms with van der Waals surface area (Å²) >= 11 is 0. The van der Waals surface area contributed by atoms with Crippen LogP contribution in [0.4, 0.5) is 0 Å². The molecular formula is C12H21N. The Morgan fingerprint density at radius 2 is 2.08 bits per heavy atom. The smallest absolute Gasteiger partial charge is 0.0227 e. The summed E-state index contributed by atoms with van der Waals surface area (Å²) in [5, 5.41) is 0. The average Bonchev–Trinajstić information content (AvgIpc) is 2.15. The number of allylic oxidation sites excluding steroid dienone is 1. The quantitative estimate of drug-likeness (QED) is 0.622. The predicted octanol–water partition coefficient (Wildman–Crippen LogP) is 3.81. The molecule has 0 amide bonds. The normalized spacial score (nSPS) is 18.9. The van der Waals surface area contributed by atoms with Crippen LogP contribution in [0, 0.1) is 11.8 Å². The van der Waals surface area contributed by atoms with Crippen LogP contribution in [0.25, 0.3) is 0 Å². The topological polar surface area (TPSA) is 12.4 Å². The van der Waals surface area contributed by atoms with Crippen molar-refractivity contribution in [3.63, 3.8) is 0 Å². The zero-order valence-electron chi connectivity index (χ0n) is 9.09. The van der Waals surface area contributed by atoms with Gasteiger partial charge in [-0.25, -0.2) is 0 Å². The van der Waals surface area contributed by atoms with Crippen LogP contribution in [0.1, 0.15) is 46.5 Å². The van der Waals surface area contributed by atoms with Crippen molar-refractivity contribution >= 4 is 5.71 Å². The lowest BCUT2D eigenvalue weighted by Gasteiger charge is -2.16. The van der Waals surface area contributed by atoms with Crippen LogP contribution in [0.3, 0.4) is 0 Å². The molecule has 0 aromatic heterocycles. The summed E-state index contributed by atoms with van der Waals surface area (Å²) in [6.45, 7) is 6.88. The maximum Gasteiger partial charge on any atom is 0.0227 e. The van der Waals surface area contributed by atoms with Crippen LogP contribution in [-0.2, 0) is 0 Å². The Bertz CT molecular complexity index is 201. The third-order valence-electron chi connectivity index (χ3n) is 2.66. The first-order chi connectivity index (χ1) is 6.20. The van der Waals surface area contributed by atoms with E-state index >= 15 is 0 Å². The average molecular weight is 179 g/mol. The molecule has 0 saturated carbocycles. The van der Waals surface area contributed by atoms with Gasteiger partial charge < -0.3 is 0 Å². The number of nitrogens with zero attached hydrogens (tertiary/aromatic N) is 1. The molecule has 0 radical (unpaired) electrons. The highest BCUT2D eigenvalue weighted by atomic mass is 14.7. The molecule has 0 aliphatic carbocycles. The fraction of sp³-hybridized carbons (Fsp3) is 0.750. The lowest BCUT2D eigenvalue weighted by atomic mass is 9.92. The molecule has 0 aromatic rings. The summed E-state index contributed by atoms with van der Waals surface area (Å²) in [4.78, 5) is 4.44. The van der Waals surface area contributed by atoms with Crippen molar-refractivity contribution in [3.05, 3.63) is 12.3 Å².